The molecule has 0 aromatic heterocycles. The molecule has 1 unspecified atom stereocenters. The quantitative estimate of drug-likeness (QED) is 0.801. The highest BCUT2D eigenvalue weighted by Gasteiger charge is 2.22. The second-order valence-corrected chi connectivity index (χ2v) is 5.90. The van der Waals surface area contributed by atoms with Gasteiger partial charge in [0, 0.05) is 19.1 Å². The molecule has 1 atom stereocenters. The van der Waals surface area contributed by atoms with Gasteiger partial charge in [0.15, 0.2) is 0 Å². The van der Waals surface area contributed by atoms with E-state index in [0.29, 0.717) is 6.04 Å². The fourth-order valence-electron chi connectivity index (χ4n) is 3.00. The Morgan fingerprint density at radius 2 is 2.20 bits per heavy atom. The van der Waals surface area contributed by atoms with Crippen molar-refractivity contribution in [3.05, 3.63) is 35.1 Å². The lowest BCUT2D eigenvalue weighted by molar-refractivity contribution is 0.137. The predicted molar refractivity (Wildman–Crippen MR) is 82.3 cm³/mol. The van der Waals surface area contributed by atoms with Gasteiger partial charge in [-0.15, -0.1) is 0 Å². The lowest BCUT2D eigenvalue weighted by atomic mass is 10.00. The van der Waals surface area contributed by atoms with Gasteiger partial charge in [0.1, 0.15) is 5.82 Å². The first-order chi connectivity index (χ1) is 9.70. The molecule has 0 bridgehead atoms. The van der Waals surface area contributed by atoms with E-state index < -0.39 is 0 Å². The molecule has 2 nitrogen and oxygen atoms in total. The predicted octanol–water partition coefficient (Wildman–Crippen LogP) is 3.49. The number of hydrogen-bond donors (Lipinski definition) is 1. The number of benzene rings is 1. The van der Waals surface area contributed by atoms with Crippen molar-refractivity contribution >= 4 is 0 Å². The summed E-state index contributed by atoms with van der Waals surface area (Å²) >= 11 is 0. The molecule has 1 heterocycles. The van der Waals surface area contributed by atoms with Crippen LogP contribution >= 0.6 is 0 Å². The van der Waals surface area contributed by atoms with Crippen molar-refractivity contribution in [3.63, 3.8) is 0 Å². The zero-order valence-corrected chi connectivity index (χ0v) is 12.8. The van der Waals surface area contributed by atoms with E-state index in [4.69, 9.17) is 0 Å². The lowest BCUT2D eigenvalue weighted by Gasteiger charge is -2.36. The summed E-state index contributed by atoms with van der Waals surface area (Å²) in [6.45, 7) is 8.49. The van der Waals surface area contributed by atoms with E-state index in [1.165, 1.54) is 31.2 Å². The number of nitrogens with one attached hydrogen (secondary N) is 1. The summed E-state index contributed by atoms with van der Waals surface area (Å²) in [5, 5.41) is 3.54. The molecule has 0 spiro atoms. The Balaban J connectivity index is 1.97. The Bertz CT molecular complexity index is 419. The second kappa shape index (κ2) is 7.75. The van der Waals surface area contributed by atoms with E-state index in [-0.39, 0.29) is 5.82 Å². The van der Waals surface area contributed by atoms with Crippen molar-refractivity contribution in [3.8, 4) is 0 Å². The zero-order chi connectivity index (χ0) is 14.4. The number of nitrogens with zero attached hydrogens (tertiary/aromatic N) is 1. The maximum absolute atomic E-state index is 13.2. The number of piperidine rings is 1. The van der Waals surface area contributed by atoms with Crippen LogP contribution in [-0.4, -0.2) is 30.6 Å². The molecule has 1 aromatic rings. The highest BCUT2D eigenvalue weighted by atomic mass is 19.1. The summed E-state index contributed by atoms with van der Waals surface area (Å²) in [6.07, 6.45) is 5.07. The average Bonchev–Trinajstić information content (AvgIpc) is 2.44. The minimum Gasteiger partial charge on any atom is -0.315 e. The van der Waals surface area contributed by atoms with Crippen molar-refractivity contribution in [2.75, 3.05) is 19.6 Å². The summed E-state index contributed by atoms with van der Waals surface area (Å²) in [6, 6.07) is 5.79. The third kappa shape index (κ3) is 4.29. The number of hydrogen-bond acceptors (Lipinski definition) is 2. The van der Waals surface area contributed by atoms with Gasteiger partial charge in [0.25, 0.3) is 0 Å². The fourth-order valence-corrected chi connectivity index (χ4v) is 3.00. The van der Waals surface area contributed by atoms with Crippen molar-refractivity contribution < 1.29 is 4.39 Å². The fraction of sp³-hybridized carbons (Fsp3) is 0.647. The minimum atomic E-state index is -0.133. The molecule has 0 radical (unpaired) electrons. The monoisotopic (exact) mass is 278 g/mol. The van der Waals surface area contributed by atoms with Gasteiger partial charge in [-0.1, -0.05) is 19.4 Å². The average molecular weight is 278 g/mol. The first-order valence-electron chi connectivity index (χ1n) is 7.90. The molecule has 3 heteroatoms. The summed E-state index contributed by atoms with van der Waals surface area (Å²) in [4.78, 5) is 2.56. The van der Waals surface area contributed by atoms with Gasteiger partial charge in [0.05, 0.1) is 0 Å². The first kappa shape index (κ1) is 15.5. The Hall–Kier alpha value is -0.930. The Morgan fingerprint density at radius 3 is 2.95 bits per heavy atom. The molecule has 0 amide bonds. The van der Waals surface area contributed by atoms with Crippen LogP contribution < -0.4 is 5.32 Å². The summed E-state index contributed by atoms with van der Waals surface area (Å²) in [5.74, 6) is -0.133. The summed E-state index contributed by atoms with van der Waals surface area (Å²) in [5.41, 5.74) is 2.32. The van der Waals surface area contributed by atoms with Crippen LogP contribution in [0.15, 0.2) is 18.2 Å². The van der Waals surface area contributed by atoms with Crippen LogP contribution in [0.25, 0.3) is 0 Å². The molecule has 0 saturated carbocycles. The summed E-state index contributed by atoms with van der Waals surface area (Å²) < 4.78 is 13.2. The molecule has 2 rings (SSSR count). The Kier molecular flexibility index (Phi) is 5.99. The van der Waals surface area contributed by atoms with Crippen molar-refractivity contribution in [2.45, 2.75) is 52.1 Å². The molecule has 1 fully saturated rings. The molecule has 20 heavy (non-hydrogen) atoms. The molecular weight excluding hydrogens is 251 g/mol. The van der Waals surface area contributed by atoms with Gasteiger partial charge in [0.2, 0.25) is 0 Å². The Labute approximate surface area is 122 Å². The van der Waals surface area contributed by atoms with E-state index in [9.17, 15) is 4.39 Å². The molecule has 1 aliphatic rings. The van der Waals surface area contributed by atoms with Gasteiger partial charge in [-0.25, -0.2) is 4.39 Å². The van der Waals surface area contributed by atoms with E-state index in [0.717, 1.165) is 31.7 Å². The van der Waals surface area contributed by atoms with Gasteiger partial charge >= 0.3 is 0 Å². The van der Waals surface area contributed by atoms with Crippen LogP contribution in [0.4, 0.5) is 4.39 Å². The second-order valence-electron chi connectivity index (χ2n) is 5.90. The van der Waals surface area contributed by atoms with E-state index in [1.807, 2.05) is 13.0 Å². The van der Waals surface area contributed by atoms with Crippen molar-refractivity contribution in [1.82, 2.24) is 10.2 Å². The largest absolute Gasteiger partial charge is 0.315 e. The zero-order valence-electron chi connectivity index (χ0n) is 12.8. The molecule has 0 aliphatic carbocycles. The van der Waals surface area contributed by atoms with E-state index in [2.05, 4.69) is 17.1 Å². The van der Waals surface area contributed by atoms with Crippen LogP contribution in [0.2, 0.25) is 0 Å². The number of rotatable bonds is 6. The van der Waals surface area contributed by atoms with Gasteiger partial charge in [-0.05, 0) is 62.5 Å². The maximum atomic E-state index is 13.2. The van der Waals surface area contributed by atoms with Crippen molar-refractivity contribution in [1.29, 1.82) is 0 Å². The molecule has 1 N–H and O–H groups in total. The third-order valence-corrected chi connectivity index (χ3v) is 4.23. The molecule has 112 valence electrons. The maximum Gasteiger partial charge on any atom is 0.123 e. The number of likely N-dealkylation sites (tertiary alicyclic amines) is 1. The van der Waals surface area contributed by atoms with Gasteiger partial charge in [-0.3, -0.25) is 4.90 Å². The lowest BCUT2D eigenvalue weighted by Crippen LogP contribution is -2.45. The van der Waals surface area contributed by atoms with Crippen LogP contribution in [0, 0.1) is 12.7 Å². The van der Waals surface area contributed by atoms with Crippen LogP contribution in [-0.2, 0) is 6.54 Å². The van der Waals surface area contributed by atoms with Crippen LogP contribution in [0.5, 0.6) is 0 Å². The van der Waals surface area contributed by atoms with Gasteiger partial charge in [-0.2, -0.15) is 0 Å². The molecule has 1 aliphatic heterocycles. The van der Waals surface area contributed by atoms with E-state index >= 15 is 0 Å². The minimum absolute atomic E-state index is 0.133. The van der Waals surface area contributed by atoms with Crippen molar-refractivity contribution in [2.24, 2.45) is 0 Å². The SMILES string of the molecule is CCCNCC1CCCCN1Cc1ccc(F)cc1C. The van der Waals surface area contributed by atoms with Crippen LogP contribution in [0.3, 0.4) is 0 Å². The third-order valence-electron chi connectivity index (χ3n) is 4.23. The number of aryl methyl sites for hydroxylation is 1. The normalized spacial score (nSPS) is 20.2. The van der Waals surface area contributed by atoms with Gasteiger partial charge < -0.3 is 5.32 Å². The van der Waals surface area contributed by atoms with Crippen LogP contribution in [0.1, 0.15) is 43.7 Å². The molecular formula is C17H27FN2. The smallest absolute Gasteiger partial charge is 0.123 e. The highest BCUT2D eigenvalue weighted by molar-refractivity contribution is 5.26. The summed E-state index contributed by atoms with van der Waals surface area (Å²) in [7, 11) is 0. The standard InChI is InChI=1S/C17H27FN2/c1-3-9-19-12-17-6-4-5-10-20(17)13-15-7-8-16(18)11-14(15)2/h7-8,11,17,19H,3-6,9-10,12-13H2,1-2H3. The molecule has 1 saturated heterocycles. The highest BCUT2D eigenvalue weighted by Crippen LogP contribution is 2.21. The topological polar surface area (TPSA) is 15.3 Å². The Morgan fingerprint density at radius 1 is 1.35 bits per heavy atom. The van der Waals surface area contributed by atoms with E-state index in [1.54, 1.807) is 12.1 Å². The number of halogens is 1. The molecule has 1 aromatic carbocycles. The first-order valence-corrected chi connectivity index (χ1v) is 7.90.